The molecule has 0 aromatic heterocycles. The average Bonchev–Trinajstić information content (AvgIpc) is 2.73. The fraction of sp³-hybridized carbons (Fsp3) is 0.500. The molecule has 5 heteroatoms. The molecule has 1 N–H and O–H groups in total. The third-order valence-electron chi connectivity index (χ3n) is 5.55. The number of methoxy groups -OCH3 is 1. The molecule has 1 aliphatic rings. The van der Waals surface area contributed by atoms with Crippen LogP contribution in [0.15, 0.2) is 36.4 Å². The summed E-state index contributed by atoms with van der Waals surface area (Å²) in [5, 5.41) is 3.78. The number of unbranched alkanes of at least 4 members (excludes halogenated alkanes) is 4. The predicted molar refractivity (Wildman–Crippen MR) is 116 cm³/mol. The summed E-state index contributed by atoms with van der Waals surface area (Å²) in [5.74, 6) is 1.31. The third-order valence-corrected chi connectivity index (χ3v) is 5.84. The number of ether oxygens (including phenoxy) is 2. The fourth-order valence-corrected chi connectivity index (χ4v) is 4.09. The van der Waals surface area contributed by atoms with Gasteiger partial charge in [-0.15, -0.1) is 0 Å². The van der Waals surface area contributed by atoms with Gasteiger partial charge in [-0.25, -0.2) is 4.39 Å². The summed E-state index contributed by atoms with van der Waals surface area (Å²) in [6, 6.07) is 11.1. The molecule has 2 aromatic rings. The van der Waals surface area contributed by atoms with Gasteiger partial charge in [-0.1, -0.05) is 56.3 Å². The number of hydrogen-bond acceptors (Lipinski definition) is 3. The van der Waals surface area contributed by atoms with Crippen LogP contribution in [0.2, 0.25) is 5.02 Å². The van der Waals surface area contributed by atoms with Crippen LogP contribution in [0.25, 0.3) is 0 Å². The highest BCUT2D eigenvalue weighted by Gasteiger charge is 2.28. The Balaban J connectivity index is 1.67. The smallest absolute Gasteiger partial charge is 0.141 e. The zero-order chi connectivity index (χ0) is 20.6. The summed E-state index contributed by atoms with van der Waals surface area (Å²) in [5.41, 5.74) is 2.11. The van der Waals surface area contributed by atoms with Crippen LogP contribution in [-0.2, 0) is 6.54 Å². The van der Waals surface area contributed by atoms with E-state index in [1.165, 1.54) is 38.2 Å². The van der Waals surface area contributed by atoms with E-state index in [-0.39, 0.29) is 23.0 Å². The van der Waals surface area contributed by atoms with Crippen LogP contribution < -0.4 is 14.8 Å². The number of fused-ring (bicyclic) bond motifs is 1. The molecule has 29 heavy (non-hydrogen) atoms. The van der Waals surface area contributed by atoms with Gasteiger partial charge < -0.3 is 14.8 Å². The standard InChI is InChI=1S/C24H31ClFNO2/c1-3-4-5-6-7-8-19-14-23(20-11-10-18(28-2)15-24(20)29-19)27-16-17-9-12-22(26)21(25)13-17/h9-13,15,19,23,27H,3-8,14,16H2,1-2H3/t19-,23-/m0/s1. The van der Waals surface area contributed by atoms with Crippen LogP contribution in [-0.4, -0.2) is 13.2 Å². The molecule has 3 rings (SSSR count). The summed E-state index contributed by atoms with van der Waals surface area (Å²) in [6.45, 7) is 2.86. The van der Waals surface area contributed by atoms with E-state index in [1.54, 1.807) is 19.2 Å². The van der Waals surface area contributed by atoms with Gasteiger partial charge in [-0.2, -0.15) is 0 Å². The summed E-state index contributed by atoms with van der Waals surface area (Å²) in [7, 11) is 1.67. The maximum atomic E-state index is 13.4. The van der Waals surface area contributed by atoms with E-state index in [2.05, 4.69) is 18.3 Å². The first-order chi connectivity index (χ1) is 14.1. The summed E-state index contributed by atoms with van der Waals surface area (Å²) >= 11 is 5.93. The number of rotatable bonds is 10. The molecule has 1 aliphatic heterocycles. The van der Waals surface area contributed by atoms with Gasteiger partial charge >= 0.3 is 0 Å². The van der Waals surface area contributed by atoms with Crippen LogP contribution in [0.1, 0.15) is 69.0 Å². The minimum atomic E-state index is -0.387. The molecule has 2 aromatic carbocycles. The van der Waals surface area contributed by atoms with Gasteiger partial charge in [0.25, 0.3) is 0 Å². The second kappa shape index (κ2) is 10.8. The lowest BCUT2D eigenvalue weighted by molar-refractivity contribution is 0.137. The Morgan fingerprint density at radius 1 is 1.14 bits per heavy atom. The molecular formula is C24H31ClFNO2. The zero-order valence-electron chi connectivity index (χ0n) is 17.3. The minimum absolute atomic E-state index is 0.159. The third kappa shape index (κ3) is 6.10. The van der Waals surface area contributed by atoms with Gasteiger partial charge in [0.1, 0.15) is 23.4 Å². The Bertz CT molecular complexity index is 798. The molecule has 158 valence electrons. The zero-order valence-corrected chi connectivity index (χ0v) is 18.1. The summed E-state index contributed by atoms with van der Waals surface area (Å²) in [4.78, 5) is 0. The predicted octanol–water partition coefficient (Wildman–Crippen LogP) is 6.83. The molecule has 0 amide bonds. The van der Waals surface area contributed by atoms with E-state index < -0.39 is 0 Å². The van der Waals surface area contributed by atoms with Gasteiger partial charge in [0.05, 0.1) is 12.1 Å². The molecule has 0 aliphatic carbocycles. The highest BCUT2D eigenvalue weighted by atomic mass is 35.5. The number of nitrogens with one attached hydrogen (secondary N) is 1. The van der Waals surface area contributed by atoms with Crippen LogP contribution in [0, 0.1) is 5.82 Å². The molecule has 0 spiro atoms. The molecule has 0 unspecified atom stereocenters. The molecule has 0 saturated carbocycles. The lowest BCUT2D eigenvalue weighted by atomic mass is 9.93. The van der Waals surface area contributed by atoms with Crippen molar-refractivity contribution in [1.82, 2.24) is 5.32 Å². The molecule has 3 nitrogen and oxygen atoms in total. The van der Waals surface area contributed by atoms with Gasteiger partial charge in [0.15, 0.2) is 0 Å². The minimum Gasteiger partial charge on any atom is -0.497 e. The lowest BCUT2D eigenvalue weighted by Crippen LogP contribution is -2.32. The first-order valence-corrected chi connectivity index (χ1v) is 11.0. The molecule has 0 radical (unpaired) electrons. The lowest BCUT2D eigenvalue weighted by Gasteiger charge is -2.33. The topological polar surface area (TPSA) is 30.5 Å². The van der Waals surface area contributed by atoms with Crippen LogP contribution >= 0.6 is 11.6 Å². The van der Waals surface area contributed by atoms with E-state index in [1.807, 2.05) is 12.1 Å². The van der Waals surface area contributed by atoms with Crippen LogP contribution in [0.4, 0.5) is 4.39 Å². The number of hydrogen-bond donors (Lipinski definition) is 1. The van der Waals surface area contributed by atoms with Gasteiger partial charge in [0, 0.05) is 30.6 Å². The Morgan fingerprint density at radius 2 is 1.97 bits per heavy atom. The normalized spacial score (nSPS) is 18.2. The molecule has 0 bridgehead atoms. The van der Waals surface area contributed by atoms with Gasteiger partial charge in [-0.3, -0.25) is 0 Å². The van der Waals surface area contributed by atoms with E-state index in [0.29, 0.717) is 6.54 Å². The largest absolute Gasteiger partial charge is 0.497 e. The Morgan fingerprint density at radius 3 is 2.72 bits per heavy atom. The van der Waals surface area contributed by atoms with E-state index in [9.17, 15) is 4.39 Å². The van der Waals surface area contributed by atoms with Crippen LogP contribution in [0.3, 0.4) is 0 Å². The molecule has 2 atom stereocenters. The average molecular weight is 420 g/mol. The highest BCUT2D eigenvalue weighted by molar-refractivity contribution is 6.30. The number of benzene rings is 2. The van der Waals surface area contributed by atoms with E-state index >= 15 is 0 Å². The Hall–Kier alpha value is -1.78. The second-order valence-electron chi connectivity index (χ2n) is 7.76. The van der Waals surface area contributed by atoms with Crippen molar-refractivity contribution in [1.29, 1.82) is 0 Å². The van der Waals surface area contributed by atoms with Crippen molar-refractivity contribution in [3.8, 4) is 11.5 Å². The second-order valence-corrected chi connectivity index (χ2v) is 8.17. The van der Waals surface area contributed by atoms with Crippen molar-refractivity contribution in [2.45, 2.75) is 70.6 Å². The van der Waals surface area contributed by atoms with Crippen molar-refractivity contribution in [3.05, 3.63) is 58.4 Å². The van der Waals surface area contributed by atoms with Crippen molar-refractivity contribution >= 4 is 11.6 Å². The van der Waals surface area contributed by atoms with Crippen LogP contribution in [0.5, 0.6) is 11.5 Å². The molecular weight excluding hydrogens is 389 g/mol. The van der Waals surface area contributed by atoms with E-state index in [4.69, 9.17) is 21.1 Å². The van der Waals surface area contributed by atoms with Gasteiger partial charge in [0.2, 0.25) is 0 Å². The maximum absolute atomic E-state index is 13.4. The molecule has 0 saturated heterocycles. The SMILES string of the molecule is CCCCCCC[C@H]1C[C@H](NCc2ccc(F)c(Cl)c2)c2ccc(OC)cc2O1. The Kier molecular flexibility index (Phi) is 8.19. The maximum Gasteiger partial charge on any atom is 0.141 e. The first-order valence-electron chi connectivity index (χ1n) is 10.6. The fourth-order valence-electron chi connectivity index (χ4n) is 3.89. The van der Waals surface area contributed by atoms with Crippen molar-refractivity contribution in [2.75, 3.05) is 7.11 Å². The van der Waals surface area contributed by atoms with Crippen molar-refractivity contribution in [2.24, 2.45) is 0 Å². The Labute approximate surface area is 178 Å². The summed E-state index contributed by atoms with van der Waals surface area (Å²) in [6.07, 6.45) is 8.45. The van der Waals surface area contributed by atoms with Crippen molar-refractivity contribution < 1.29 is 13.9 Å². The highest BCUT2D eigenvalue weighted by Crippen LogP contribution is 2.38. The van der Waals surface area contributed by atoms with Gasteiger partial charge in [-0.05, 0) is 36.6 Å². The van der Waals surface area contributed by atoms with E-state index in [0.717, 1.165) is 35.5 Å². The van der Waals surface area contributed by atoms with Crippen molar-refractivity contribution in [3.63, 3.8) is 0 Å². The number of halogens is 2. The molecule has 0 fully saturated rings. The first kappa shape index (κ1) is 21.9. The monoisotopic (exact) mass is 419 g/mol. The summed E-state index contributed by atoms with van der Waals surface area (Å²) < 4.78 is 25.1. The molecule has 1 heterocycles. The quantitative estimate of drug-likeness (QED) is 0.428.